The van der Waals surface area contributed by atoms with Crippen molar-refractivity contribution in [2.45, 2.75) is 13.1 Å². The van der Waals surface area contributed by atoms with Gasteiger partial charge in [-0.05, 0) is 29.8 Å². The van der Waals surface area contributed by atoms with Gasteiger partial charge in [-0.1, -0.05) is 52.3 Å². The normalized spacial score (nSPS) is 10.8. The first-order valence-electron chi connectivity index (χ1n) is 6.61. The first kappa shape index (κ1) is 13.3. The maximum Gasteiger partial charge on any atom is 0.0705 e. The Kier molecular flexibility index (Phi) is 4.09. The van der Waals surface area contributed by atoms with Gasteiger partial charge in [0.2, 0.25) is 0 Å². The fraction of sp³-hybridized carbons (Fsp3) is 0.118. The summed E-state index contributed by atoms with van der Waals surface area (Å²) in [6.07, 6.45) is 0. The molecule has 0 unspecified atom stereocenters. The molecule has 0 aliphatic heterocycles. The fourth-order valence-corrected chi connectivity index (χ4v) is 2.64. The number of aromatic nitrogens is 1. The zero-order valence-corrected chi connectivity index (χ0v) is 12.6. The van der Waals surface area contributed by atoms with Gasteiger partial charge >= 0.3 is 0 Å². The van der Waals surface area contributed by atoms with Gasteiger partial charge in [0.1, 0.15) is 0 Å². The molecule has 3 rings (SSSR count). The molecule has 2 aromatic carbocycles. The Balaban J connectivity index is 1.65. The van der Waals surface area contributed by atoms with E-state index in [1.54, 1.807) is 0 Å². The van der Waals surface area contributed by atoms with Gasteiger partial charge in [0, 0.05) is 22.9 Å². The number of para-hydroxylation sites is 1. The lowest BCUT2D eigenvalue weighted by molar-refractivity contribution is 0.681. The molecule has 0 aliphatic carbocycles. The van der Waals surface area contributed by atoms with Crippen LogP contribution in [-0.4, -0.2) is 4.98 Å². The Morgan fingerprint density at radius 3 is 2.70 bits per heavy atom. The van der Waals surface area contributed by atoms with Gasteiger partial charge in [0.05, 0.1) is 11.2 Å². The van der Waals surface area contributed by atoms with Crippen molar-refractivity contribution in [2.24, 2.45) is 0 Å². The molecule has 20 heavy (non-hydrogen) atoms. The highest BCUT2D eigenvalue weighted by molar-refractivity contribution is 9.10. The highest BCUT2D eigenvalue weighted by Crippen LogP contribution is 2.13. The van der Waals surface area contributed by atoms with Crippen LogP contribution in [0.15, 0.2) is 65.1 Å². The van der Waals surface area contributed by atoms with E-state index in [4.69, 9.17) is 0 Å². The number of hydrogen-bond donors (Lipinski definition) is 1. The summed E-state index contributed by atoms with van der Waals surface area (Å²) in [4.78, 5) is 4.65. The molecule has 0 atom stereocenters. The quantitative estimate of drug-likeness (QED) is 0.773. The third-order valence-electron chi connectivity index (χ3n) is 3.18. The van der Waals surface area contributed by atoms with Crippen LogP contribution in [0.25, 0.3) is 10.9 Å². The second-order valence-electron chi connectivity index (χ2n) is 4.73. The predicted molar refractivity (Wildman–Crippen MR) is 86.4 cm³/mol. The summed E-state index contributed by atoms with van der Waals surface area (Å²) in [7, 11) is 0. The minimum absolute atomic E-state index is 0.775. The average Bonchev–Trinajstić information content (AvgIpc) is 2.47. The van der Waals surface area contributed by atoms with Crippen LogP contribution >= 0.6 is 15.9 Å². The van der Waals surface area contributed by atoms with Gasteiger partial charge in [-0.25, -0.2) is 0 Å². The molecule has 3 aromatic rings. The van der Waals surface area contributed by atoms with E-state index in [-0.39, 0.29) is 0 Å². The van der Waals surface area contributed by atoms with E-state index in [0.717, 1.165) is 28.8 Å². The number of pyridine rings is 1. The molecule has 0 fully saturated rings. The summed E-state index contributed by atoms with van der Waals surface area (Å²) in [6.45, 7) is 1.62. The number of rotatable bonds is 4. The molecule has 1 heterocycles. The average molecular weight is 327 g/mol. The van der Waals surface area contributed by atoms with Crippen molar-refractivity contribution in [3.8, 4) is 0 Å². The Labute approximate surface area is 127 Å². The van der Waals surface area contributed by atoms with Gasteiger partial charge in [-0.2, -0.15) is 0 Å². The summed E-state index contributed by atoms with van der Waals surface area (Å²) in [6, 6.07) is 20.7. The molecular formula is C17H15BrN2. The maximum atomic E-state index is 4.65. The van der Waals surface area contributed by atoms with Crippen LogP contribution in [0.3, 0.4) is 0 Å². The molecule has 0 saturated carbocycles. The molecule has 0 amide bonds. The number of halogens is 1. The molecule has 0 aliphatic rings. The number of benzene rings is 2. The molecule has 1 aromatic heterocycles. The Hall–Kier alpha value is -1.71. The van der Waals surface area contributed by atoms with Crippen LogP contribution in [0.1, 0.15) is 11.3 Å². The largest absolute Gasteiger partial charge is 0.307 e. The van der Waals surface area contributed by atoms with E-state index < -0.39 is 0 Å². The molecule has 0 radical (unpaired) electrons. The van der Waals surface area contributed by atoms with Crippen LogP contribution in [-0.2, 0) is 13.1 Å². The first-order valence-corrected chi connectivity index (χ1v) is 7.40. The maximum absolute atomic E-state index is 4.65. The van der Waals surface area contributed by atoms with Crippen LogP contribution in [0.4, 0.5) is 0 Å². The smallest absolute Gasteiger partial charge is 0.0705 e. The van der Waals surface area contributed by atoms with Crippen LogP contribution in [0, 0.1) is 0 Å². The number of fused-ring (bicyclic) bond motifs is 1. The fourth-order valence-electron chi connectivity index (χ4n) is 2.19. The van der Waals surface area contributed by atoms with E-state index >= 15 is 0 Å². The molecule has 3 heteroatoms. The highest BCUT2D eigenvalue weighted by Gasteiger charge is 1.98. The Morgan fingerprint density at radius 1 is 0.900 bits per heavy atom. The summed E-state index contributed by atoms with van der Waals surface area (Å²) in [5.41, 5.74) is 3.38. The third-order valence-corrected chi connectivity index (χ3v) is 3.67. The van der Waals surface area contributed by atoms with Gasteiger partial charge < -0.3 is 5.32 Å². The summed E-state index contributed by atoms with van der Waals surface area (Å²) in [5.74, 6) is 0. The van der Waals surface area contributed by atoms with Crippen molar-refractivity contribution < 1.29 is 0 Å². The van der Waals surface area contributed by atoms with Crippen LogP contribution in [0.5, 0.6) is 0 Å². The Bertz CT molecular complexity index is 725. The van der Waals surface area contributed by atoms with E-state index in [0.29, 0.717) is 0 Å². The van der Waals surface area contributed by atoms with Gasteiger partial charge in [0.25, 0.3) is 0 Å². The second-order valence-corrected chi connectivity index (χ2v) is 5.64. The van der Waals surface area contributed by atoms with E-state index in [1.165, 1.54) is 10.9 Å². The van der Waals surface area contributed by atoms with Gasteiger partial charge in [-0.3, -0.25) is 4.98 Å². The summed E-state index contributed by atoms with van der Waals surface area (Å²) >= 11 is 3.49. The van der Waals surface area contributed by atoms with Gasteiger partial charge in [0.15, 0.2) is 0 Å². The summed E-state index contributed by atoms with van der Waals surface area (Å²) in [5, 5.41) is 4.61. The van der Waals surface area contributed by atoms with Crippen LogP contribution < -0.4 is 5.32 Å². The van der Waals surface area contributed by atoms with Crippen molar-refractivity contribution in [2.75, 3.05) is 0 Å². The number of hydrogen-bond acceptors (Lipinski definition) is 2. The van der Waals surface area contributed by atoms with Crippen molar-refractivity contribution in [3.05, 3.63) is 76.4 Å². The highest BCUT2D eigenvalue weighted by atomic mass is 79.9. The molecule has 2 nitrogen and oxygen atoms in total. The van der Waals surface area contributed by atoms with E-state index in [2.05, 4.69) is 62.6 Å². The number of nitrogens with zero attached hydrogens (tertiary/aromatic N) is 1. The zero-order valence-electron chi connectivity index (χ0n) is 11.0. The van der Waals surface area contributed by atoms with Crippen molar-refractivity contribution in [1.82, 2.24) is 10.3 Å². The van der Waals surface area contributed by atoms with E-state index in [9.17, 15) is 0 Å². The molecule has 0 saturated heterocycles. The molecular weight excluding hydrogens is 312 g/mol. The lowest BCUT2D eigenvalue weighted by atomic mass is 10.2. The standard InChI is InChI=1S/C17H15BrN2/c18-15-6-3-4-13(10-15)11-19-12-16-9-8-14-5-1-2-7-17(14)20-16/h1-10,19H,11-12H2. The Morgan fingerprint density at radius 2 is 1.80 bits per heavy atom. The second kappa shape index (κ2) is 6.16. The van der Waals surface area contributed by atoms with Crippen molar-refractivity contribution >= 4 is 26.8 Å². The third kappa shape index (κ3) is 3.24. The first-order chi connectivity index (χ1) is 9.81. The van der Waals surface area contributed by atoms with Gasteiger partial charge in [-0.15, -0.1) is 0 Å². The van der Waals surface area contributed by atoms with Crippen molar-refractivity contribution in [1.29, 1.82) is 0 Å². The monoisotopic (exact) mass is 326 g/mol. The van der Waals surface area contributed by atoms with Crippen molar-refractivity contribution in [3.63, 3.8) is 0 Å². The minimum atomic E-state index is 0.775. The predicted octanol–water partition coefficient (Wildman–Crippen LogP) is 4.29. The van der Waals surface area contributed by atoms with Crippen LogP contribution in [0.2, 0.25) is 0 Å². The lowest BCUT2D eigenvalue weighted by Crippen LogP contribution is -2.13. The molecule has 0 bridgehead atoms. The zero-order chi connectivity index (χ0) is 13.8. The SMILES string of the molecule is Brc1cccc(CNCc2ccc3ccccc3n2)c1. The topological polar surface area (TPSA) is 24.9 Å². The number of nitrogens with one attached hydrogen (secondary N) is 1. The molecule has 0 spiro atoms. The molecule has 1 N–H and O–H groups in total. The molecule has 100 valence electrons. The lowest BCUT2D eigenvalue weighted by Gasteiger charge is -2.06. The minimum Gasteiger partial charge on any atom is -0.307 e. The van der Waals surface area contributed by atoms with E-state index in [1.807, 2.05) is 24.3 Å². The summed E-state index contributed by atoms with van der Waals surface area (Å²) < 4.78 is 1.11.